The molecule has 0 atom stereocenters. The van der Waals surface area contributed by atoms with Crippen LogP contribution in [0, 0.1) is 0 Å². The molecule has 0 saturated carbocycles. The summed E-state index contributed by atoms with van der Waals surface area (Å²) in [6.07, 6.45) is 6.61. The van der Waals surface area contributed by atoms with Gasteiger partial charge in [-0.3, -0.25) is 9.48 Å². The number of nitrogens with zero attached hydrogens (tertiary/aromatic N) is 2. The number of allylic oxidation sites excluding steroid dienone is 1. The quantitative estimate of drug-likeness (QED) is 0.643. The first-order chi connectivity index (χ1) is 8.16. The van der Waals surface area contributed by atoms with Crippen LogP contribution in [0.1, 0.15) is 15.9 Å². The maximum absolute atomic E-state index is 11.8. The molecule has 0 aliphatic rings. The summed E-state index contributed by atoms with van der Waals surface area (Å²) >= 11 is 3.43. The molecule has 17 heavy (non-hydrogen) atoms. The van der Waals surface area contributed by atoms with Crippen molar-refractivity contribution in [3.05, 3.63) is 58.3 Å². The lowest BCUT2D eigenvalue weighted by Gasteiger charge is -1.96. The number of aromatic nitrogens is 2. The maximum atomic E-state index is 11.8. The van der Waals surface area contributed by atoms with E-state index in [1.165, 1.54) is 0 Å². The highest BCUT2D eigenvalue weighted by molar-refractivity contribution is 9.10. The van der Waals surface area contributed by atoms with Gasteiger partial charge in [-0.2, -0.15) is 5.10 Å². The third kappa shape index (κ3) is 2.91. The van der Waals surface area contributed by atoms with E-state index in [4.69, 9.17) is 0 Å². The number of aryl methyl sites for hydroxylation is 1. The van der Waals surface area contributed by atoms with Crippen LogP contribution in [0.4, 0.5) is 0 Å². The Balaban J connectivity index is 2.17. The van der Waals surface area contributed by atoms with Crippen LogP contribution in [0.2, 0.25) is 0 Å². The smallest absolute Gasteiger partial charge is 0.189 e. The van der Waals surface area contributed by atoms with Crippen molar-refractivity contribution in [3.8, 4) is 0 Å². The van der Waals surface area contributed by atoms with Gasteiger partial charge in [-0.05, 0) is 23.8 Å². The van der Waals surface area contributed by atoms with Crippen molar-refractivity contribution in [3.63, 3.8) is 0 Å². The highest BCUT2D eigenvalue weighted by atomic mass is 79.9. The van der Waals surface area contributed by atoms with Gasteiger partial charge < -0.3 is 0 Å². The molecule has 0 spiro atoms. The van der Waals surface area contributed by atoms with E-state index in [1.807, 2.05) is 24.3 Å². The Morgan fingerprint density at radius 1 is 1.41 bits per heavy atom. The summed E-state index contributed by atoms with van der Waals surface area (Å²) in [4.78, 5) is 11.8. The van der Waals surface area contributed by atoms with E-state index >= 15 is 0 Å². The van der Waals surface area contributed by atoms with Gasteiger partial charge in [0.1, 0.15) is 0 Å². The predicted octanol–water partition coefficient (Wildman–Crippen LogP) is 3.08. The molecule has 0 amide bonds. The molecule has 0 aliphatic carbocycles. The van der Waals surface area contributed by atoms with Crippen molar-refractivity contribution < 1.29 is 4.79 Å². The zero-order valence-electron chi connectivity index (χ0n) is 9.30. The van der Waals surface area contributed by atoms with Crippen LogP contribution in [0.15, 0.2) is 47.2 Å². The molecule has 0 fully saturated rings. The van der Waals surface area contributed by atoms with Crippen molar-refractivity contribution >= 4 is 27.8 Å². The molecule has 0 saturated heterocycles. The zero-order valence-corrected chi connectivity index (χ0v) is 10.9. The van der Waals surface area contributed by atoms with Gasteiger partial charge in [-0.15, -0.1) is 0 Å². The van der Waals surface area contributed by atoms with Crippen molar-refractivity contribution in [1.29, 1.82) is 0 Å². The Hall–Kier alpha value is -1.68. The fourth-order valence-electron chi connectivity index (χ4n) is 1.42. The van der Waals surface area contributed by atoms with E-state index < -0.39 is 0 Å². The molecule has 2 rings (SSSR count). The number of carbonyl (C=O) groups is 1. The fourth-order valence-corrected chi connectivity index (χ4v) is 1.84. The van der Waals surface area contributed by atoms with Crippen LogP contribution in [0.25, 0.3) is 6.08 Å². The summed E-state index contributed by atoms with van der Waals surface area (Å²) in [5.41, 5.74) is 1.57. The van der Waals surface area contributed by atoms with Gasteiger partial charge in [-0.25, -0.2) is 0 Å². The van der Waals surface area contributed by atoms with Crippen LogP contribution in [-0.2, 0) is 7.05 Å². The SMILES string of the molecule is Cn1cc(C(=O)/C=C\c2ccccc2Br)cn1. The molecular formula is C13H11BrN2O. The molecule has 0 bridgehead atoms. The first kappa shape index (κ1) is 11.8. The van der Waals surface area contributed by atoms with Crippen LogP contribution in [0.5, 0.6) is 0 Å². The number of benzene rings is 1. The maximum Gasteiger partial charge on any atom is 0.189 e. The second-order valence-corrected chi connectivity index (χ2v) is 4.48. The number of halogens is 1. The van der Waals surface area contributed by atoms with Gasteiger partial charge in [0.25, 0.3) is 0 Å². The minimum atomic E-state index is -0.0474. The molecule has 0 N–H and O–H groups in total. The average Bonchev–Trinajstić information content (AvgIpc) is 2.74. The van der Waals surface area contributed by atoms with E-state index in [1.54, 1.807) is 36.3 Å². The van der Waals surface area contributed by atoms with Crippen LogP contribution < -0.4 is 0 Å². The second kappa shape index (κ2) is 5.10. The summed E-state index contributed by atoms with van der Waals surface area (Å²) < 4.78 is 2.58. The molecule has 1 heterocycles. The zero-order chi connectivity index (χ0) is 12.3. The third-order valence-corrected chi connectivity index (χ3v) is 3.03. The minimum absolute atomic E-state index is 0.0474. The summed E-state index contributed by atoms with van der Waals surface area (Å²) in [6.45, 7) is 0. The monoisotopic (exact) mass is 290 g/mol. The molecule has 0 radical (unpaired) electrons. The van der Waals surface area contributed by atoms with Gasteiger partial charge in [0.2, 0.25) is 0 Å². The first-order valence-electron chi connectivity index (χ1n) is 5.12. The minimum Gasteiger partial charge on any atom is -0.289 e. The van der Waals surface area contributed by atoms with E-state index in [0.717, 1.165) is 10.0 Å². The Kier molecular flexibility index (Phi) is 3.54. The van der Waals surface area contributed by atoms with Crippen LogP contribution >= 0.6 is 15.9 Å². The summed E-state index contributed by atoms with van der Waals surface area (Å²) in [6, 6.07) is 7.74. The highest BCUT2D eigenvalue weighted by Gasteiger charge is 2.03. The topological polar surface area (TPSA) is 34.9 Å². The van der Waals surface area contributed by atoms with Crippen molar-refractivity contribution in [2.75, 3.05) is 0 Å². The number of carbonyl (C=O) groups excluding carboxylic acids is 1. The van der Waals surface area contributed by atoms with E-state index in [2.05, 4.69) is 21.0 Å². The Labute approximate surface area is 108 Å². The van der Waals surface area contributed by atoms with Gasteiger partial charge in [0, 0.05) is 17.7 Å². The van der Waals surface area contributed by atoms with Gasteiger partial charge in [-0.1, -0.05) is 34.1 Å². The lowest BCUT2D eigenvalue weighted by Crippen LogP contribution is -1.91. The molecule has 0 aliphatic heterocycles. The average molecular weight is 291 g/mol. The van der Waals surface area contributed by atoms with Crippen molar-refractivity contribution in [2.24, 2.45) is 7.05 Å². The molecule has 86 valence electrons. The number of ketones is 1. The number of rotatable bonds is 3. The Morgan fingerprint density at radius 3 is 2.82 bits per heavy atom. The Bertz CT molecular complexity index is 572. The van der Waals surface area contributed by atoms with Gasteiger partial charge in [0.05, 0.1) is 11.8 Å². The van der Waals surface area contributed by atoms with Gasteiger partial charge >= 0.3 is 0 Å². The lowest BCUT2D eigenvalue weighted by molar-refractivity contribution is 0.104. The fraction of sp³-hybridized carbons (Fsp3) is 0.0769. The first-order valence-corrected chi connectivity index (χ1v) is 5.92. The Morgan fingerprint density at radius 2 is 2.18 bits per heavy atom. The molecular weight excluding hydrogens is 280 g/mol. The molecule has 0 unspecified atom stereocenters. The lowest BCUT2D eigenvalue weighted by atomic mass is 10.1. The standard InChI is InChI=1S/C13H11BrN2O/c1-16-9-11(8-15-16)13(17)7-6-10-4-2-3-5-12(10)14/h2-9H,1H3/b7-6-. The molecule has 1 aromatic heterocycles. The molecule has 3 nitrogen and oxygen atoms in total. The van der Waals surface area contributed by atoms with E-state index in [-0.39, 0.29) is 5.78 Å². The predicted molar refractivity (Wildman–Crippen MR) is 70.7 cm³/mol. The molecule has 2 aromatic rings. The van der Waals surface area contributed by atoms with Crippen molar-refractivity contribution in [1.82, 2.24) is 9.78 Å². The normalized spacial score (nSPS) is 10.9. The van der Waals surface area contributed by atoms with E-state index in [9.17, 15) is 4.79 Å². The number of hydrogen-bond donors (Lipinski definition) is 0. The molecule has 4 heteroatoms. The summed E-state index contributed by atoms with van der Waals surface area (Å²) in [7, 11) is 1.79. The second-order valence-electron chi connectivity index (χ2n) is 3.62. The van der Waals surface area contributed by atoms with Crippen LogP contribution in [0.3, 0.4) is 0 Å². The van der Waals surface area contributed by atoms with E-state index in [0.29, 0.717) is 5.56 Å². The molecule has 1 aromatic carbocycles. The highest BCUT2D eigenvalue weighted by Crippen LogP contribution is 2.17. The third-order valence-electron chi connectivity index (χ3n) is 2.31. The van der Waals surface area contributed by atoms with Crippen molar-refractivity contribution in [2.45, 2.75) is 0 Å². The summed E-state index contributed by atoms with van der Waals surface area (Å²) in [5, 5.41) is 3.96. The van der Waals surface area contributed by atoms with Gasteiger partial charge in [0.15, 0.2) is 5.78 Å². The largest absolute Gasteiger partial charge is 0.289 e. The van der Waals surface area contributed by atoms with Crippen LogP contribution in [-0.4, -0.2) is 15.6 Å². The summed E-state index contributed by atoms with van der Waals surface area (Å²) in [5.74, 6) is -0.0474. The number of hydrogen-bond acceptors (Lipinski definition) is 2.